The average Bonchev–Trinajstić information content (AvgIpc) is 2.78. The molecule has 2 N–H and O–H groups in total. The maximum Gasteiger partial charge on any atom is 0.490 e. The number of alkyl halides is 3. The minimum absolute atomic E-state index is 0.252. The molecule has 0 bridgehead atoms. The maximum atomic E-state index is 12.0. The molecule has 0 saturated heterocycles. The molecule has 0 aliphatic heterocycles. The lowest BCUT2D eigenvalue weighted by Gasteiger charge is -2.12. The lowest BCUT2D eigenvalue weighted by Crippen LogP contribution is -2.34. The number of fused-ring (bicyclic) bond motifs is 1. The predicted octanol–water partition coefficient (Wildman–Crippen LogP) is 2.41. The number of carbonyl (C=O) groups is 1. The monoisotopic (exact) mass is 287 g/mol. The van der Waals surface area contributed by atoms with Crippen molar-refractivity contribution in [2.24, 2.45) is 5.73 Å². The van der Waals surface area contributed by atoms with Crippen LogP contribution < -0.4 is 5.73 Å². The molecule has 1 aromatic carbocycles. The van der Waals surface area contributed by atoms with Crippen LogP contribution in [0.4, 0.5) is 13.2 Å². The summed E-state index contributed by atoms with van der Waals surface area (Å²) in [7, 11) is 0. The number of halogens is 3. The summed E-state index contributed by atoms with van der Waals surface area (Å²) in [4.78, 5) is 10.6. The highest BCUT2D eigenvalue weighted by Gasteiger charge is 2.41. The number of nitrogens with two attached hydrogens (primary N) is 1. The van der Waals surface area contributed by atoms with Crippen molar-refractivity contribution in [3.63, 3.8) is 0 Å². The van der Waals surface area contributed by atoms with Gasteiger partial charge in [0.05, 0.1) is 6.26 Å². The van der Waals surface area contributed by atoms with Crippen molar-refractivity contribution in [2.75, 3.05) is 6.61 Å². The van der Waals surface area contributed by atoms with Crippen LogP contribution >= 0.6 is 0 Å². The first-order chi connectivity index (χ1) is 9.38. The van der Waals surface area contributed by atoms with Crippen molar-refractivity contribution in [1.29, 1.82) is 0 Å². The van der Waals surface area contributed by atoms with Crippen molar-refractivity contribution in [1.82, 2.24) is 0 Å². The fourth-order valence-electron chi connectivity index (χ4n) is 1.80. The van der Waals surface area contributed by atoms with E-state index in [1.165, 1.54) is 6.26 Å². The van der Waals surface area contributed by atoms with Gasteiger partial charge >= 0.3 is 12.1 Å². The second kappa shape index (κ2) is 5.54. The quantitative estimate of drug-likeness (QED) is 0.877. The molecule has 1 heterocycles. The van der Waals surface area contributed by atoms with Crippen molar-refractivity contribution in [3.8, 4) is 0 Å². The van der Waals surface area contributed by atoms with Crippen LogP contribution in [0.1, 0.15) is 5.56 Å². The number of benzene rings is 1. The SMILES string of the molecule is N[C@H](COC(=O)C(F)(F)F)Cc1coc2ccccc12. The number of hydrogen-bond donors (Lipinski definition) is 1. The van der Waals surface area contributed by atoms with Gasteiger partial charge in [-0.1, -0.05) is 18.2 Å². The van der Waals surface area contributed by atoms with Crippen molar-refractivity contribution >= 4 is 16.9 Å². The molecule has 0 saturated carbocycles. The highest BCUT2D eigenvalue weighted by Crippen LogP contribution is 2.22. The van der Waals surface area contributed by atoms with Gasteiger partial charge in [0, 0.05) is 11.4 Å². The molecule has 7 heteroatoms. The lowest BCUT2D eigenvalue weighted by atomic mass is 10.1. The third kappa shape index (κ3) is 3.30. The van der Waals surface area contributed by atoms with Crippen LogP contribution in [0.2, 0.25) is 0 Å². The molecule has 0 amide bonds. The van der Waals surface area contributed by atoms with E-state index in [1.807, 2.05) is 12.1 Å². The Morgan fingerprint density at radius 1 is 1.35 bits per heavy atom. The van der Waals surface area contributed by atoms with Gasteiger partial charge in [-0.15, -0.1) is 0 Å². The topological polar surface area (TPSA) is 65.5 Å². The Balaban J connectivity index is 1.95. The molecule has 1 atom stereocenters. The molecule has 0 unspecified atom stereocenters. The number of furan rings is 1. The van der Waals surface area contributed by atoms with E-state index in [0.717, 1.165) is 10.9 Å². The lowest BCUT2D eigenvalue weighted by molar-refractivity contribution is -0.200. The van der Waals surface area contributed by atoms with E-state index in [4.69, 9.17) is 10.2 Å². The first kappa shape index (κ1) is 14.4. The van der Waals surface area contributed by atoms with E-state index in [2.05, 4.69) is 4.74 Å². The normalized spacial score (nSPS) is 13.4. The number of carbonyl (C=O) groups excluding carboxylic acids is 1. The molecule has 0 aliphatic rings. The zero-order chi connectivity index (χ0) is 14.8. The summed E-state index contributed by atoms with van der Waals surface area (Å²) in [5.41, 5.74) is 7.09. The zero-order valence-electron chi connectivity index (χ0n) is 10.3. The third-order valence-corrected chi connectivity index (χ3v) is 2.70. The Bertz CT molecular complexity index is 606. The molecule has 4 nitrogen and oxygen atoms in total. The smallest absolute Gasteiger partial charge is 0.464 e. The highest BCUT2D eigenvalue weighted by atomic mass is 19.4. The summed E-state index contributed by atoms with van der Waals surface area (Å²) >= 11 is 0. The summed E-state index contributed by atoms with van der Waals surface area (Å²) in [5, 5.41) is 0.838. The molecule has 0 spiro atoms. The molecule has 0 radical (unpaired) electrons. The Morgan fingerprint density at radius 3 is 2.75 bits per heavy atom. The molecule has 0 aliphatic carbocycles. The Labute approximate surface area is 112 Å². The second-order valence-electron chi connectivity index (χ2n) is 4.32. The van der Waals surface area contributed by atoms with Gasteiger partial charge in [0.15, 0.2) is 0 Å². The fraction of sp³-hybridized carbons (Fsp3) is 0.308. The molecule has 1 aromatic heterocycles. The van der Waals surface area contributed by atoms with E-state index in [0.29, 0.717) is 5.58 Å². The highest BCUT2D eigenvalue weighted by molar-refractivity contribution is 5.80. The summed E-state index contributed by atoms with van der Waals surface area (Å²) in [6.45, 7) is -0.502. The van der Waals surface area contributed by atoms with Crippen LogP contribution in [-0.4, -0.2) is 24.8 Å². The van der Waals surface area contributed by atoms with E-state index in [-0.39, 0.29) is 6.42 Å². The van der Waals surface area contributed by atoms with Gasteiger partial charge in [-0.3, -0.25) is 0 Å². The Kier molecular flexibility index (Phi) is 3.99. The van der Waals surface area contributed by atoms with E-state index in [1.54, 1.807) is 12.1 Å². The predicted molar refractivity (Wildman–Crippen MR) is 64.9 cm³/mol. The molecule has 20 heavy (non-hydrogen) atoms. The molecule has 2 aromatic rings. The summed E-state index contributed by atoms with van der Waals surface area (Å²) in [6.07, 6.45) is -3.25. The minimum atomic E-state index is -5.00. The van der Waals surface area contributed by atoms with Gasteiger partial charge in [0.1, 0.15) is 12.2 Å². The molecule has 2 rings (SSSR count). The van der Waals surface area contributed by atoms with Gasteiger partial charge in [0.25, 0.3) is 0 Å². The summed E-state index contributed by atoms with van der Waals surface area (Å²) < 4.78 is 45.3. The second-order valence-corrected chi connectivity index (χ2v) is 4.32. The van der Waals surface area contributed by atoms with Crippen LogP contribution in [0.15, 0.2) is 34.9 Å². The molecular weight excluding hydrogens is 275 g/mol. The Hall–Kier alpha value is -2.02. The van der Waals surface area contributed by atoms with Crippen molar-refractivity contribution < 1.29 is 27.1 Å². The standard InChI is InChI=1S/C13H12F3NO3/c14-13(15,16)12(18)20-7-9(17)5-8-6-19-11-4-2-1-3-10(8)11/h1-4,6,9H,5,7,17H2/t9-/m0/s1. The van der Waals surface area contributed by atoms with Crippen LogP contribution in [0.3, 0.4) is 0 Å². The Morgan fingerprint density at radius 2 is 2.05 bits per heavy atom. The number of rotatable bonds is 4. The number of hydrogen-bond acceptors (Lipinski definition) is 4. The number of ether oxygens (including phenoxy) is 1. The van der Waals surface area contributed by atoms with Crippen LogP contribution in [-0.2, 0) is 16.0 Å². The molecule has 108 valence electrons. The van der Waals surface area contributed by atoms with E-state index < -0.39 is 24.8 Å². The summed E-state index contributed by atoms with van der Waals surface area (Å²) in [6, 6.07) is 6.48. The van der Waals surface area contributed by atoms with Crippen LogP contribution in [0.25, 0.3) is 11.0 Å². The van der Waals surface area contributed by atoms with Crippen molar-refractivity contribution in [2.45, 2.75) is 18.6 Å². The summed E-state index contributed by atoms with van der Waals surface area (Å²) in [5.74, 6) is -2.23. The van der Waals surface area contributed by atoms with Crippen LogP contribution in [0, 0.1) is 0 Å². The van der Waals surface area contributed by atoms with E-state index in [9.17, 15) is 18.0 Å². The molecular formula is C13H12F3NO3. The molecule has 0 fully saturated rings. The van der Waals surface area contributed by atoms with Gasteiger partial charge in [-0.05, 0) is 18.1 Å². The number of esters is 1. The first-order valence-electron chi connectivity index (χ1n) is 5.82. The minimum Gasteiger partial charge on any atom is -0.464 e. The maximum absolute atomic E-state index is 12.0. The van der Waals surface area contributed by atoms with E-state index >= 15 is 0 Å². The van der Waals surface area contributed by atoms with Crippen molar-refractivity contribution in [3.05, 3.63) is 36.1 Å². The third-order valence-electron chi connectivity index (χ3n) is 2.70. The fourth-order valence-corrected chi connectivity index (χ4v) is 1.80. The van der Waals surface area contributed by atoms with Crippen LogP contribution in [0.5, 0.6) is 0 Å². The average molecular weight is 287 g/mol. The largest absolute Gasteiger partial charge is 0.490 e. The van der Waals surface area contributed by atoms with Gasteiger partial charge in [0.2, 0.25) is 0 Å². The van der Waals surface area contributed by atoms with Gasteiger partial charge < -0.3 is 14.9 Å². The van der Waals surface area contributed by atoms with Gasteiger partial charge in [-0.2, -0.15) is 13.2 Å². The number of para-hydroxylation sites is 1. The van der Waals surface area contributed by atoms with Gasteiger partial charge in [-0.25, -0.2) is 4.79 Å². The zero-order valence-corrected chi connectivity index (χ0v) is 10.3. The first-order valence-corrected chi connectivity index (χ1v) is 5.82.